The van der Waals surface area contributed by atoms with Crippen molar-refractivity contribution in [2.45, 2.75) is 32.2 Å². The summed E-state index contributed by atoms with van der Waals surface area (Å²) in [5.74, 6) is 2.54. The van der Waals surface area contributed by atoms with Gasteiger partial charge in [0.05, 0.1) is 6.54 Å². The number of aryl methyl sites for hydroxylation is 1. The van der Waals surface area contributed by atoms with Crippen LogP contribution in [0.25, 0.3) is 0 Å². The van der Waals surface area contributed by atoms with Crippen LogP contribution < -0.4 is 5.69 Å². The molecule has 0 saturated heterocycles. The molecule has 1 aromatic rings. The summed E-state index contributed by atoms with van der Waals surface area (Å²) in [7, 11) is 1.64. The van der Waals surface area contributed by atoms with E-state index in [1.54, 1.807) is 7.05 Å². The van der Waals surface area contributed by atoms with E-state index in [0.717, 1.165) is 18.4 Å². The second-order valence-corrected chi connectivity index (χ2v) is 5.00. The summed E-state index contributed by atoms with van der Waals surface area (Å²) >= 11 is 0. The summed E-state index contributed by atoms with van der Waals surface area (Å²) in [5.41, 5.74) is -0.0887. The third-order valence-corrected chi connectivity index (χ3v) is 4.06. The van der Waals surface area contributed by atoms with Crippen LogP contribution in [0.1, 0.15) is 25.7 Å². The number of hydrogen-bond donors (Lipinski definition) is 0. The van der Waals surface area contributed by atoms with Crippen molar-refractivity contribution < 1.29 is 0 Å². The zero-order chi connectivity index (χ0) is 10.4. The van der Waals surface area contributed by atoms with Crippen molar-refractivity contribution in [1.82, 2.24) is 19.8 Å². The van der Waals surface area contributed by atoms with Crippen molar-refractivity contribution >= 4 is 0 Å². The van der Waals surface area contributed by atoms with Crippen LogP contribution >= 0.6 is 0 Å². The van der Waals surface area contributed by atoms with Crippen molar-refractivity contribution in [3.63, 3.8) is 0 Å². The molecule has 2 aliphatic carbocycles. The van der Waals surface area contributed by atoms with E-state index < -0.39 is 0 Å². The highest BCUT2D eigenvalue weighted by molar-refractivity contribution is 4.90. The van der Waals surface area contributed by atoms with Gasteiger partial charge in [-0.2, -0.15) is 9.36 Å². The summed E-state index contributed by atoms with van der Waals surface area (Å²) in [4.78, 5) is 11.5. The molecule has 3 rings (SSSR count). The Hall–Kier alpha value is -1.13. The molecule has 0 aliphatic heterocycles. The molecule has 5 nitrogen and oxygen atoms in total. The Kier molecular flexibility index (Phi) is 1.94. The standard InChI is InChI=1S/C10H16N4O/c1-13-10(15)14(12-11-13)6-7-4-8-2-3-9(8)5-7/h7-9H,2-6H2,1H3/t7?,8-,9+. The Balaban J connectivity index is 1.71. The fraction of sp³-hybridized carbons (Fsp3) is 0.900. The van der Waals surface area contributed by atoms with Crippen LogP contribution in [0.15, 0.2) is 4.79 Å². The molecule has 0 aromatic carbocycles. The lowest BCUT2D eigenvalue weighted by Crippen LogP contribution is -2.25. The first kappa shape index (κ1) is 9.12. The van der Waals surface area contributed by atoms with E-state index in [-0.39, 0.29) is 5.69 Å². The van der Waals surface area contributed by atoms with Crippen LogP contribution in [-0.2, 0) is 13.6 Å². The average Bonchev–Trinajstić information content (AvgIpc) is 2.64. The molecule has 2 aliphatic rings. The molecule has 2 fully saturated rings. The SMILES string of the molecule is Cn1nnn(CC2C[C@H]3CC[C@H]3C2)c1=O. The number of hydrogen-bond acceptors (Lipinski definition) is 3. The Bertz CT molecular complexity index is 409. The van der Waals surface area contributed by atoms with E-state index in [4.69, 9.17) is 0 Å². The third kappa shape index (κ3) is 1.41. The summed E-state index contributed by atoms with van der Waals surface area (Å²) in [6, 6.07) is 0. The molecule has 2 saturated carbocycles. The largest absolute Gasteiger partial charge is 0.363 e. The van der Waals surface area contributed by atoms with Gasteiger partial charge in [0.25, 0.3) is 0 Å². The van der Waals surface area contributed by atoms with Gasteiger partial charge in [0.15, 0.2) is 0 Å². The minimum atomic E-state index is -0.0887. The number of tetrazole rings is 1. The second-order valence-electron chi connectivity index (χ2n) is 5.00. The second kappa shape index (κ2) is 3.18. The van der Waals surface area contributed by atoms with Gasteiger partial charge in [-0.15, -0.1) is 0 Å². The van der Waals surface area contributed by atoms with Gasteiger partial charge in [-0.1, -0.05) is 0 Å². The predicted octanol–water partition coefficient (Wildman–Crippen LogP) is 0.413. The molecule has 1 heterocycles. The highest BCUT2D eigenvalue weighted by atomic mass is 16.2. The Morgan fingerprint density at radius 2 is 1.93 bits per heavy atom. The van der Waals surface area contributed by atoms with Crippen LogP contribution in [0.3, 0.4) is 0 Å². The zero-order valence-corrected chi connectivity index (χ0v) is 8.96. The third-order valence-electron chi connectivity index (χ3n) is 4.06. The zero-order valence-electron chi connectivity index (χ0n) is 8.96. The van der Waals surface area contributed by atoms with E-state index in [1.807, 2.05) is 0 Å². The molecule has 15 heavy (non-hydrogen) atoms. The van der Waals surface area contributed by atoms with Gasteiger partial charge in [-0.25, -0.2) is 4.79 Å². The number of aromatic nitrogens is 4. The lowest BCUT2D eigenvalue weighted by atomic mass is 9.77. The normalized spacial score (nSPS) is 33.8. The molecule has 3 atom stereocenters. The smallest absolute Gasteiger partial charge is 0.244 e. The molecule has 0 spiro atoms. The van der Waals surface area contributed by atoms with E-state index in [0.29, 0.717) is 5.92 Å². The molecular weight excluding hydrogens is 192 g/mol. The lowest BCUT2D eigenvalue weighted by molar-refractivity contribution is 0.219. The van der Waals surface area contributed by atoms with E-state index >= 15 is 0 Å². The average molecular weight is 208 g/mol. The molecule has 1 unspecified atom stereocenters. The summed E-state index contributed by atoms with van der Waals surface area (Å²) in [6.45, 7) is 0.764. The highest BCUT2D eigenvalue weighted by Crippen LogP contribution is 2.49. The van der Waals surface area contributed by atoms with Crippen molar-refractivity contribution in [3.8, 4) is 0 Å². The number of rotatable bonds is 2. The van der Waals surface area contributed by atoms with Crippen LogP contribution in [0.4, 0.5) is 0 Å². The van der Waals surface area contributed by atoms with Gasteiger partial charge in [0.1, 0.15) is 0 Å². The Labute approximate surface area is 88.1 Å². The van der Waals surface area contributed by atoms with Gasteiger partial charge in [0.2, 0.25) is 0 Å². The minimum Gasteiger partial charge on any atom is -0.244 e. The van der Waals surface area contributed by atoms with Gasteiger partial charge < -0.3 is 0 Å². The molecule has 0 amide bonds. The first-order chi connectivity index (χ1) is 7.24. The maximum absolute atomic E-state index is 11.5. The molecule has 82 valence electrons. The predicted molar refractivity (Wildman–Crippen MR) is 54.2 cm³/mol. The topological polar surface area (TPSA) is 52.7 Å². The first-order valence-corrected chi connectivity index (χ1v) is 5.71. The lowest BCUT2D eigenvalue weighted by Gasteiger charge is -2.29. The van der Waals surface area contributed by atoms with E-state index in [1.165, 1.54) is 35.0 Å². The quantitative estimate of drug-likeness (QED) is 0.707. The van der Waals surface area contributed by atoms with Gasteiger partial charge >= 0.3 is 5.69 Å². The Morgan fingerprint density at radius 1 is 1.27 bits per heavy atom. The first-order valence-electron chi connectivity index (χ1n) is 5.71. The maximum Gasteiger partial charge on any atom is 0.363 e. The van der Waals surface area contributed by atoms with Crippen LogP contribution in [0.5, 0.6) is 0 Å². The summed E-state index contributed by atoms with van der Waals surface area (Å²) in [6.07, 6.45) is 5.37. The minimum absolute atomic E-state index is 0.0887. The highest BCUT2D eigenvalue weighted by Gasteiger charge is 2.40. The monoisotopic (exact) mass is 208 g/mol. The molecule has 5 heteroatoms. The van der Waals surface area contributed by atoms with Crippen molar-refractivity contribution in [3.05, 3.63) is 10.5 Å². The molecular formula is C10H16N4O. The van der Waals surface area contributed by atoms with Crippen LogP contribution in [-0.4, -0.2) is 19.8 Å². The van der Waals surface area contributed by atoms with Crippen LogP contribution in [0, 0.1) is 17.8 Å². The van der Waals surface area contributed by atoms with Crippen LogP contribution in [0.2, 0.25) is 0 Å². The summed E-state index contributed by atoms with van der Waals surface area (Å²) in [5, 5.41) is 7.60. The van der Waals surface area contributed by atoms with E-state index in [9.17, 15) is 4.79 Å². The van der Waals surface area contributed by atoms with Gasteiger partial charge in [-0.05, 0) is 53.9 Å². The molecule has 1 aromatic heterocycles. The van der Waals surface area contributed by atoms with Crippen molar-refractivity contribution in [2.75, 3.05) is 0 Å². The maximum atomic E-state index is 11.5. The summed E-state index contributed by atoms with van der Waals surface area (Å²) < 4.78 is 2.80. The van der Waals surface area contributed by atoms with Crippen molar-refractivity contribution in [1.29, 1.82) is 0 Å². The fourth-order valence-corrected chi connectivity index (χ4v) is 3.07. The van der Waals surface area contributed by atoms with E-state index in [2.05, 4.69) is 10.4 Å². The molecule has 0 radical (unpaired) electrons. The van der Waals surface area contributed by atoms with Gasteiger partial charge in [0, 0.05) is 7.05 Å². The molecule has 0 bridgehead atoms. The fourth-order valence-electron chi connectivity index (χ4n) is 3.07. The number of nitrogens with zero attached hydrogens (tertiary/aromatic N) is 4. The Morgan fingerprint density at radius 3 is 2.40 bits per heavy atom. The number of fused-ring (bicyclic) bond motifs is 1. The van der Waals surface area contributed by atoms with Crippen molar-refractivity contribution in [2.24, 2.45) is 24.8 Å². The molecule has 0 N–H and O–H groups in total. The van der Waals surface area contributed by atoms with Gasteiger partial charge in [-0.3, -0.25) is 0 Å².